The minimum absolute atomic E-state index is 0.0975. The maximum absolute atomic E-state index is 11.7. The van der Waals surface area contributed by atoms with Crippen LogP contribution in [0.3, 0.4) is 0 Å². The van der Waals surface area contributed by atoms with Crippen molar-refractivity contribution in [3.8, 4) is 0 Å². The molecule has 0 saturated heterocycles. The van der Waals surface area contributed by atoms with E-state index >= 15 is 0 Å². The number of hydrogen-bond donors (Lipinski definition) is 2. The van der Waals surface area contributed by atoms with Gasteiger partial charge in [0.1, 0.15) is 0 Å². The maximum atomic E-state index is 11.7. The molecule has 0 atom stereocenters. The van der Waals surface area contributed by atoms with E-state index in [0.717, 1.165) is 6.42 Å². The molecule has 1 aromatic heterocycles. The number of hydrazine groups is 1. The molecule has 16 heavy (non-hydrogen) atoms. The fourth-order valence-electron chi connectivity index (χ4n) is 1.36. The Kier molecular flexibility index (Phi) is 4.74. The zero-order valence-electron chi connectivity index (χ0n) is 9.18. The fraction of sp³-hybridized carbons (Fsp3) is 0.556. The molecule has 0 fully saturated rings. The van der Waals surface area contributed by atoms with Gasteiger partial charge in [0.25, 0.3) is 0 Å². The molecule has 0 saturated carbocycles. The maximum Gasteiger partial charge on any atom is 0.328 e. The lowest BCUT2D eigenvalue weighted by molar-refractivity contribution is -0.151. The van der Waals surface area contributed by atoms with Crippen LogP contribution in [0.15, 0.2) is 17.2 Å². The van der Waals surface area contributed by atoms with Crippen molar-refractivity contribution in [2.45, 2.75) is 32.9 Å². The summed E-state index contributed by atoms with van der Waals surface area (Å²) < 4.78 is 3.07. The molecule has 0 aliphatic heterocycles. The number of rotatable bonds is 6. The summed E-state index contributed by atoms with van der Waals surface area (Å²) in [6.07, 6.45) is 4.35. The van der Waals surface area contributed by atoms with Crippen molar-refractivity contribution in [2.24, 2.45) is 5.84 Å². The van der Waals surface area contributed by atoms with Crippen LogP contribution in [0.2, 0.25) is 0 Å². The van der Waals surface area contributed by atoms with Crippen molar-refractivity contribution in [3.05, 3.63) is 22.9 Å². The van der Waals surface area contributed by atoms with Gasteiger partial charge in [-0.2, -0.15) is 0 Å². The second-order valence-corrected chi connectivity index (χ2v) is 3.31. The lowest BCUT2D eigenvalue weighted by atomic mass is 10.4. The lowest BCUT2D eigenvalue weighted by Gasteiger charge is -2.01. The largest absolute Gasteiger partial charge is 0.356 e. The molecule has 1 aromatic rings. The third-order valence-electron chi connectivity index (χ3n) is 2.11. The molecular weight excluding hydrogens is 212 g/mol. The minimum atomic E-state index is -0.502. The number of aryl methyl sites for hydroxylation is 2. The van der Waals surface area contributed by atoms with Gasteiger partial charge in [-0.25, -0.2) is 10.6 Å². The Morgan fingerprint density at radius 3 is 2.62 bits per heavy atom. The normalized spacial score (nSPS) is 10.4. The first-order valence-corrected chi connectivity index (χ1v) is 5.10. The van der Waals surface area contributed by atoms with Gasteiger partial charge in [0.15, 0.2) is 0 Å². The Morgan fingerprint density at radius 1 is 1.44 bits per heavy atom. The molecule has 0 aliphatic carbocycles. The van der Waals surface area contributed by atoms with Gasteiger partial charge in [0, 0.05) is 25.5 Å². The van der Waals surface area contributed by atoms with Crippen molar-refractivity contribution >= 4 is 5.97 Å². The highest BCUT2D eigenvalue weighted by Crippen LogP contribution is 1.92. The first-order valence-electron chi connectivity index (χ1n) is 5.10. The van der Waals surface area contributed by atoms with Crippen LogP contribution in [0.5, 0.6) is 0 Å². The number of imidazole rings is 1. The van der Waals surface area contributed by atoms with E-state index in [9.17, 15) is 9.59 Å². The highest BCUT2D eigenvalue weighted by atomic mass is 16.7. The lowest BCUT2D eigenvalue weighted by Crippen LogP contribution is -2.28. The molecule has 1 rings (SSSR count). The van der Waals surface area contributed by atoms with E-state index < -0.39 is 5.97 Å². The van der Waals surface area contributed by atoms with Crippen molar-refractivity contribution in [3.63, 3.8) is 0 Å². The summed E-state index contributed by atoms with van der Waals surface area (Å²) in [6, 6.07) is 0. The van der Waals surface area contributed by atoms with E-state index in [-0.39, 0.29) is 18.7 Å². The van der Waals surface area contributed by atoms with Crippen LogP contribution < -0.4 is 17.1 Å². The molecule has 3 N–H and O–H groups in total. The van der Waals surface area contributed by atoms with E-state index in [1.54, 1.807) is 22.5 Å². The quantitative estimate of drug-likeness (QED) is 0.499. The number of aromatic nitrogens is 2. The molecule has 0 bridgehead atoms. The summed E-state index contributed by atoms with van der Waals surface area (Å²) in [5, 5.41) is 0. The Hall–Kier alpha value is -1.60. The van der Waals surface area contributed by atoms with Gasteiger partial charge < -0.3 is 4.84 Å². The molecule has 0 aliphatic rings. The van der Waals surface area contributed by atoms with Crippen molar-refractivity contribution in [2.75, 3.05) is 0 Å². The van der Waals surface area contributed by atoms with Crippen molar-refractivity contribution in [1.29, 1.82) is 0 Å². The van der Waals surface area contributed by atoms with Gasteiger partial charge in [-0.3, -0.25) is 13.9 Å². The van der Waals surface area contributed by atoms with Crippen LogP contribution >= 0.6 is 0 Å². The molecule has 7 nitrogen and oxygen atoms in total. The standard InChI is InChI=1S/C9H16N4O3/c1-2-4-12-6-7-13(9(12)15)5-3-8(14)16-11-10/h6-7,11H,2-5,10H2,1H3. The average Bonchev–Trinajstić information content (AvgIpc) is 2.59. The minimum Gasteiger partial charge on any atom is -0.356 e. The second-order valence-electron chi connectivity index (χ2n) is 3.31. The van der Waals surface area contributed by atoms with E-state index in [2.05, 4.69) is 4.84 Å². The van der Waals surface area contributed by atoms with Gasteiger partial charge in [-0.1, -0.05) is 12.5 Å². The number of carbonyl (C=O) groups excluding carboxylic acids is 1. The van der Waals surface area contributed by atoms with Gasteiger partial charge >= 0.3 is 11.7 Å². The number of carbonyl (C=O) groups is 1. The molecule has 0 amide bonds. The molecule has 1 heterocycles. The van der Waals surface area contributed by atoms with Crippen LogP contribution in [0.1, 0.15) is 19.8 Å². The van der Waals surface area contributed by atoms with E-state index in [4.69, 9.17) is 5.84 Å². The summed E-state index contributed by atoms with van der Waals surface area (Å²) in [4.78, 5) is 27.0. The van der Waals surface area contributed by atoms with Crippen LogP contribution in [-0.4, -0.2) is 15.1 Å². The molecule has 0 aromatic carbocycles. The molecular formula is C9H16N4O3. The topological polar surface area (TPSA) is 91.3 Å². The van der Waals surface area contributed by atoms with Gasteiger partial charge in [-0.15, -0.1) is 0 Å². The van der Waals surface area contributed by atoms with E-state index in [1.165, 1.54) is 4.57 Å². The SMILES string of the molecule is CCCn1ccn(CCC(=O)ONN)c1=O. The summed E-state index contributed by atoms with van der Waals surface area (Å²) in [7, 11) is 0. The van der Waals surface area contributed by atoms with E-state index in [1.807, 2.05) is 6.92 Å². The van der Waals surface area contributed by atoms with Crippen LogP contribution in [0.4, 0.5) is 0 Å². The number of nitrogens with two attached hydrogens (primary N) is 1. The highest BCUT2D eigenvalue weighted by Gasteiger charge is 2.06. The second kappa shape index (κ2) is 6.09. The van der Waals surface area contributed by atoms with Crippen LogP contribution in [-0.2, 0) is 22.7 Å². The third-order valence-corrected chi connectivity index (χ3v) is 2.11. The summed E-state index contributed by atoms with van der Waals surface area (Å²) >= 11 is 0. The Balaban J connectivity index is 2.55. The molecule has 0 unspecified atom stereocenters. The zero-order valence-corrected chi connectivity index (χ0v) is 9.18. The molecule has 0 spiro atoms. The van der Waals surface area contributed by atoms with Crippen LogP contribution in [0.25, 0.3) is 0 Å². The Morgan fingerprint density at radius 2 is 2.06 bits per heavy atom. The predicted octanol–water partition coefficient (Wildman–Crippen LogP) is -0.629. The van der Waals surface area contributed by atoms with Crippen molar-refractivity contribution in [1.82, 2.24) is 14.7 Å². The number of nitrogens with one attached hydrogen (secondary N) is 1. The average molecular weight is 228 g/mol. The first-order chi connectivity index (χ1) is 7.69. The van der Waals surface area contributed by atoms with E-state index in [0.29, 0.717) is 6.54 Å². The highest BCUT2D eigenvalue weighted by molar-refractivity contribution is 5.68. The first kappa shape index (κ1) is 12.5. The predicted molar refractivity (Wildman–Crippen MR) is 57.0 cm³/mol. The number of nitrogens with zero attached hydrogens (tertiary/aromatic N) is 2. The molecule has 90 valence electrons. The Bertz CT molecular complexity index is 396. The van der Waals surface area contributed by atoms with Gasteiger partial charge in [-0.05, 0) is 6.42 Å². The van der Waals surface area contributed by atoms with Gasteiger partial charge in [0.2, 0.25) is 0 Å². The Labute approximate surface area is 92.7 Å². The fourth-order valence-corrected chi connectivity index (χ4v) is 1.36. The molecule has 7 heteroatoms. The summed E-state index contributed by atoms with van der Waals surface area (Å²) in [5.74, 6) is 4.30. The van der Waals surface area contributed by atoms with Crippen LogP contribution in [0, 0.1) is 0 Å². The number of hydrogen-bond acceptors (Lipinski definition) is 5. The molecule has 0 radical (unpaired) electrons. The monoisotopic (exact) mass is 228 g/mol. The zero-order chi connectivity index (χ0) is 12.0. The van der Waals surface area contributed by atoms with Gasteiger partial charge in [0.05, 0.1) is 6.42 Å². The smallest absolute Gasteiger partial charge is 0.328 e. The summed E-state index contributed by atoms with van der Waals surface area (Å²) in [5.41, 5.74) is 1.69. The summed E-state index contributed by atoms with van der Waals surface area (Å²) in [6.45, 7) is 2.96. The van der Waals surface area contributed by atoms with Crippen molar-refractivity contribution < 1.29 is 9.63 Å². The third kappa shape index (κ3) is 3.21.